The molecule has 0 aliphatic carbocycles. The van der Waals surface area contributed by atoms with E-state index in [-0.39, 0.29) is 10.8 Å². The molecule has 0 N–H and O–H groups in total. The van der Waals surface area contributed by atoms with Crippen LogP contribution in [0.5, 0.6) is 0 Å². The molecular formula is C42H34N4. The van der Waals surface area contributed by atoms with Crippen molar-refractivity contribution < 1.29 is 0 Å². The monoisotopic (exact) mass is 594 g/mol. The molecular weight excluding hydrogens is 560 g/mol. The van der Waals surface area contributed by atoms with Crippen LogP contribution < -0.4 is 9.80 Å². The molecule has 0 bridgehead atoms. The van der Waals surface area contributed by atoms with Crippen LogP contribution in [0.15, 0.2) is 134 Å². The van der Waals surface area contributed by atoms with E-state index in [1.807, 2.05) is 12.3 Å². The Labute approximate surface area is 271 Å². The number of fused-ring (bicyclic) bond motifs is 4. The Morgan fingerprint density at radius 2 is 0.935 bits per heavy atom. The Balaban J connectivity index is 1.30. The van der Waals surface area contributed by atoms with E-state index in [4.69, 9.17) is 11.6 Å². The smallest absolute Gasteiger partial charge is 0.196 e. The first-order chi connectivity index (χ1) is 22.3. The third-order valence-corrected chi connectivity index (χ3v) is 9.91. The molecule has 0 amide bonds. The highest BCUT2D eigenvalue weighted by Gasteiger charge is 2.38. The first-order valence-corrected chi connectivity index (χ1v) is 15.8. The molecule has 2 aliphatic rings. The lowest BCUT2D eigenvalue weighted by Gasteiger charge is -2.42. The van der Waals surface area contributed by atoms with Gasteiger partial charge < -0.3 is 9.80 Å². The van der Waals surface area contributed by atoms with E-state index in [1.54, 1.807) is 0 Å². The van der Waals surface area contributed by atoms with Crippen LogP contribution in [0.3, 0.4) is 0 Å². The van der Waals surface area contributed by atoms with Gasteiger partial charge in [0.15, 0.2) is 5.69 Å². The third-order valence-electron chi connectivity index (χ3n) is 9.91. The van der Waals surface area contributed by atoms with Crippen molar-refractivity contribution in [2.45, 2.75) is 38.5 Å². The van der Waals surface area contributed by atoms with Crippen molar-refractivity contribution in [3.63, 3.8) is 0 Å². The number of anilines is 6. The van der Waals surface area contributed by atoms with E-state index < -0.39 is 0 Å². The van der Waals surface area contributed by atoms with Crippen LogP contribution in [0, 0.1) is 6.57 Å². The summed E-state index contributed by atoms with van der Waals surface area (Å²) in [7, 11) is 0. The summed E-state index contributed by atoms with van der Waals surface area (Å²) >= 11 is 0. The summed E-state index contributed by atoms with van der Waals surface area (Å²) in [5.74, 6) is 0. The van der Waals surface area contributed by atoms with Gasteiger partial charge in [0.25, 0.3) is 0 Å². The van der Waals surface area contributed by atoms with Gasteiger partial charge in [-0.3, -0.25) is 4.98 Å². The van der Waals surface area contributed by atoms with Gasteiger partial charge in [-0.2, -0.15) is 0 Å². The largest absolute Gasteiger partial charge is 0.310 e. The fourth-order valence-corrected chi connectivity index (χ4v) is 7.57. The van der Waals surface area contributed by atoms with Crippen LogP contribution in [0.1, 0.15) is 49.9 Å². The maximum Gasteiger partial charge on any atom is 0.196 e. The topological polar surface area (TPSA) is 23.7 Å². The zero-order valence-corrected chi connectivity index (χ0v) is 26.5. The molecule has 5 aromatic carbocycles. The lowest BCUT2D eigenvalue weighted by atomic mass is 9.73. The standard InChI is InChI=1S/C42H34N4/c1-41(2)31-14-6-10-18-37(31)45(38-19-11-7-15-32(38)41)28-22-23-35(43-5)30(26-28)36-27-29(24-25-44-36)46-39-20-12-8-16-33(39)42(3,4)34-17-9-13-21-40(34)46/h6-27H,1-4H3. The molecule has 222 valence electrons. The third kappa shape index (κ3) is 4.02. The summed E-state index contributed by atoms with van der Waals surface area (Å²) in [5.41, 5.74) is 13.6. The van der Waals surface area contributed by atoms with E-state index >= 15 is 0 Å². The van der Waals surface area contributed by atoms with Crippen molar-refractivity contribution in [1.82, 2.24) is 4.98 Å². The Hall–Kier alpha value is -5.66. The van der Waals surface area contributed by atoms with Gasteiger partial charge in [0.2, 0.25) is 0 Å². The van der Waals surface area contributed by atoms with Crippen LogP contribution in [0.25, 0.3) is 16.1 Å². The molecule has 6 aromatic rings. The second kappa shape index (κ2) is 10.2. The second-order valence-electron chi connectivity index (χ2n) is 13.2. The van der Waals surface area contributed by atoms with E-state index in [0.29, 0.717) is 5.69 Å². The van der Waals surface area contributed by atoms with Crippen molar-refractivity contribution in [3.8, 4) is 11.3 Å². The average Bonchev–Trinajstić information content (AvgIpc) is 3.09. The SMILES string of the molecule is [C-]#[N+]c1ccc(N2c3ccccc3C(C)(C)c3ccccc32)cc1-c1cc(N2c3ccccc3C(C)(C)c3ccccc32)ccn1. The lowest BCUT2D eigenvalue weighted by Crippen LogP contribution is -2.30. The zero-order valence-electron chi connectivity index (χ0n) is 26.5. The highest BCUT2D eigenvalue weighted by Crippen LogP contribution is 2.54. The van der Waals surface area contributed by atoms with Crippen LogP contribution in [-0.4, -0.2) is 4.98 Å². The highest BCUT2D eigenvalue weighted by atomic mass is 15.2. The number of nitrogens with zero attached hydrogens (tertiary/aromatic N) is 4. The molecule has 1 aromatic heterocycles. The molecule has 4 heteroatoms. The summed E-state index contributed by atoms with van der Waals surface area (Å²) in [5, 5.41) is 0. The predicted molar refractivity (Wildman–Crippen MR) is 190 cm³/mol. The summed E-state index contributed by atoms with van der Waals surface area (Å²) in [6.45, 7) is 17.3. The number of aromatic nitrogens is 1. The predicted octanol–water partition coefficient (Wildman–Crippen LogP) is 11.5. The number of hydrogen-bond acceptors (Lipinski definition) is 3. The maximum absolute atomic E-state index is 8.09. The Kier molecular flexibility index (Phi) is 6.17. The first kappa shape index (κ1) is 27.9. The lowest BCUT2D eigenvalue weighted by molar-refractivity contribution is 0.631. The van der Waals surface area contributed by atoms with Crippen LogP contribution in [0.4, 0.5) is 39.8 Å². The summed E-state index contributed by atoms with van der Waals surface area (Å²) < 4.78 is 0. The van der Waals surface area contributed by atoms with Gasteiger partial charge in [0, 0.05) is 34.0 Å². The maximum atomic E-state index is 8.09. The van der Waals surface area contributed by atoms with E-state index in [2.05, 4.69) is 164 Å². The molecule has 8 rings (SSSR count). The number of rotatable bonds is 3. The van der Waals surface area contributed by atoms with Gasteiger partial charge in [-0.05, 0) is 70.8 Å². The van der Waals surface area contributed by atoms with Crippen molar-refractivity contribution in [1.29, 1.82) is 0 Å². The van der Waals surface area contributed by atoms with E-state index in [9.17, 15) is 0 Å². The summed E-state index contributed by atoms with van der Waals surface area (Å²) in [4.78, 5) is 13.5. The van der Waals surface area contributed by atoms with Gasteiger partial charge in [-0.1, -0.05) is 107 Å². The number of para-hydroxylation sites is 4. The molecule has 0 atom stereocenters. The summed E-state index contributed by atoms with van der Waals surface area (Å²) in [6, 6.07) is 44.9. The normalized spacial score (nSPS) is 15.2. The van der Waals surface area contributed by atoms with Crippen molar-refractivity contribution >= 4 is 39.8 Å². The number of benzene rings is 5. The fourth-order valence-electron chi connectivity index (χ4n) is 7.57. The van der Waals surface area contributed by atoms with Crippen LogP contribution >= 0.6 is 0 Å². The van der Waals surface area contributed by atoms with Crippen molar-refractivity contribution in [3.05, 3.63) is 167 Å². The Bertz CT molecular complexity index is 2100. The molecule has 0 fully saturated rings. The van der Waals surface area contributed by atoms with E-state index in [0.717, 1.165) is 45.4 Å². The molecule has 0 unspecified atom stereocenters. The Morgan fingerprint density at radius 3 is 1.37 bits per heavy atom. The van der Waals surface area contributed by atoms with Gasteiger partial charge >= 0.3 is 0 Å². The molecule has 0 spiro atoms. The minimum absolute atomic E-state index is 0.138. The van der Waals surface area contributed by atoms with Gasteiger partial charge in [-0.25, -0.2) is 4.85 Å². The van der Waals surface area contributed by atoms with Gasteiger partial charge in [0.05, 0.1) is 35.0 Å². The number of hydrogen-bond donors (Lipinski definition) is 0. The van der Waals surface area contributed by atoms with Gasteiger partial charge in [0.1, 0.15) is 0 Å². The van der Waals surface area contributed by atoms with Crippen molar-refractivity contribution in [2.75, 3.05) is 9.80 Å². The molecule has 0 radical (unpaired) electrons. The Morgan fingerprint density at radius 1 is 0.522 bits per heavy atom. The van der Waals surface area contributed by atoms with Crippen molar-refractivity contribution in [2.24, 2.45) is 0 Å². The molecule has 3 heterocycles. The highest BCUT2D eigenvalue weighted by molar-refractivity contribution is 5.91. The molecule has 0 saturated carbocycles. The molecule has 0 saturated heterocycles. The summed E-state index contributed by atoms with van der Waals surface area (Å²) in [6.07, 6.45) is 1.87. The second-order valence-corrected chi connectivity index (χ2v) is 13.2. The minimum atomic E-state index is -0.144. The van der Waals surface area contributed by atoms with Crippen LogP contribution in [-0.2, 0) is 10.8 Å². The van der Waals surface area contributed by atoms with E-state index in [1.165, 1.54) is 22.3 Å². The zero-order chi connectivity index (χ0) is 31.6. The first-order valence-electron chi connectivity index (χ1n) is 15.8. The number of pyridine rings is 1. The fraction of sp³-hybridized carbons (Fsp3) is 0.143. The molecule has 2 aliphatic heterocycles. The average molecular weight is 595 g/mol. The van der Waals surface area contributed by atoms with Crippen LogP contribution in [0.2, 0.25) is 0 Å². The molecule has 46 heavy (non-hydrogen) atoms. The quantitative estimate of drug-likeness (QED) is 0.190. The molecule has 4 nitrogen and oxygen atoms in total. The van der Waals surface area contributed by atoms with Gasteiger partial charge in [-0.15, -0.1) is 0 Å². The minimum Gasteiger partial charge on any atom is -0.310 e.